The van der Waals surface area contributed by atoms with Crippen LogP contribution in [0, 0.1) is 0 Å². The molecular weight excluding hydrogens is 308 g/mol. The number of hydrogen-bond donors (Lipinski definition) is 1. The van der Waals surface area contributed by atoms with Crippen LogP contribution in [0.4, 0.5) is 0 Å². The van der Waals surface area contributed by atoms with Gasteiger partial charge in [0.25, 0.3) is 5.56 Å². The third kappa shape index (κ3) is 2.10. The van der Waals surface area contributed by atoms with Gasteiger partial charge >= 0.3 is 0 Å². The number of methoxy groups -OCH3 is 2. The number of aromatic nitrogens is 4. The van der Waals surface area contributed by atoms with Crippen LogP contribution in [0.25, 0.3) is 27.8 Å². The van der Waals surface area contributed by atoms with Crippen molar-refractivity contribution in [2.45, 2.75) is 0 Å². The number of nitrogens with one attached hydrogen (secondary N) is 1. The SMILES string of the molecule is COc1ccc2c3nn(-c4ccc(OC)nc4)c(=O)c-3c[nH]c2c1. The minimum absolute atomic E-state index is 0.203. The first kappa shape index (κ1) is 14.3. The molecule has 2 aliphatic heterocycles. The third-order valence-electron chi connectivity index (χ3n) is 3.91. The second kappa shape index (κ2) is 5.38. The van der Waals surface area contributed by atoms with Gasteiger partial charge in [-0.25, -0.2) is 4.98 Å². The first-order valence-corrected chi connectivity index (χ1v) is 7.30. The Morgan fingerprint density at radius 3 is 2.71 bits per heavy atom. The van der Waals surface area contributed by atoms with Crippen molar-refractivity contribution in [2.75, 3.05) is 14.2 Å². The first-order chi connectivity index (χ1) is 11.7. The van der Waals surface area contributed by atoms with E-state index < -0.39 is 0 Å². The van der Waals surface area contributed by atoms with E-state index in [0.29, 0.717) is 22.8 Å². The smallest absolute Gasteiger partial charge is 0.282 e. The van der Waals surface area contributed by atoms with Crippen LogP contribution in [0.5, 0.6) is 11.6 Å². The number of ether oxygens (including phenoxy) is 2. The molecule has 0 radical (unpaired) electrons. The molecule has 1 aromatic carbocycles. The van der Waals surface area contributed by atoms with Gasteiger partial charge in [0.1, 0.15) is 11.4 Å². The van der Waals surface area contributed by atoms with E-state index in [4.69, 9.17) is 9.47 Å². The maximum absolute atomic E-state index is 12.6. The van der Waals surface area contributed by atoms with Crippen molar-refractivity contribution in [1.82, 2.24) is 19.7 Å². The third-order valence-corrected chi connectivity index (χ3v) is 3.91. The molecule has 0 spiro atoms. The van der Waals surface area contributed by atoms with Gasteiger partial charge in [-0.1, -0.05) is 0 Å². The predicted octanol–water partition coefficient (Wildman–Crippen LogP) is 2.23. The summed E-state index contributed by atoms with van der Waals surface area (Å²) in [4.78, 5) is 19.9. The van der Waals surface area contributed by atoms with Crippen LogP contribution < -0.4 is 15.0 Å². The highest BCUT2D eigenvalue weighted by molar-refractivity contribution is 5.93. The zero-order chi connectivity index (χ0) is 16.7. The Kier molecular flexibility index (Phi) is 3.19. The first-order valence-electron chi connectivity index (χ1n) is 7.30. The van der Waals surface area contributed by atoms with Gasteiger partial charge in [0.2, 0.25) is 5.88 Å². The van der Waals surface area contributed by atoms with Crippen molar-refractivity contribution in [3.05, 3.63) is 53.1 Å². The molecule has 24 heavy (non-hydrogen) atoms. The van der Waals surface area contributed by atoms with Crippen LogP contribution >= 0.6 is 0 Å². The highest BCUT2D eigenvalue weighted by Gasteiger charge is 2.19. The van der Waals surface area contributed by atoms with Crippen LogP contribution in [-0.2, 0) is 0 Å². The fourth-order valence-corrected chi connectivity index (χ4v) is 2.66. The summed E-state index contributed by atoms with van der Waals surface area (Å²) in [6, 6.07) is 9.03. The monoisotopic (exact) mass is 322 g/mol. The second-order valence-corrected chi connectivity index (χ2v) is 5.24. The molecule has 2 aliphatic rings. The van der Waals surface area contributed by atoms with Crippen LogP contribution in [0.3, 0.4) is 0 Å². The van der Waals surface area contributed by atoms with E-state index in [1.54, 1.807) is 38.7 Å². The molecule has 7 nitrogen and oxygen atoms in total. The summed E-state index contributed by atoms with van der Waals surface area (Å²) in [6.07, 6.45) is 3.22. The summed E-state index contributed by atoms with van der Waals surface area (Å²) in [5, 5.41) is 5.34. The molecule has 0 unspecified atom stereocenters. The minimum atomic E-state index is -0.203. The zero-order valence-corrected chi connectivity index (χ0v) is 13.1. The fraction of sp³-hybridized carbons (Fsp3) is 0.118. The normalized spacial score (nSPS) is 11.1. The van der Waals surface area contributed by atoms with Crippen LogP contribution in [0.2, 0.25) is 0 Å². The number of nitrogens with zero attached hydrogens (tertiary/aromatic N) is 3. The van der Waals surface area contributed by atoms with E-state index in [1.807, 2.05) is 18.2 Å². The van der Waals surface area contributed by atoms with Gasteiger partial charge < -0.3 is 14.5 Å². The number of aromatic amines is 1. The average molecular weight is 322 g/mol. The minimum Gasteiger partial charge on any atom is -0.497 e. The van der Waals surface area contributed by atoms with Gasteiger partial charge in [-0.15, -0.1) is 0 Å². The highest BCUT2D eigenvalue weighted by Crippen LogP contribution is 2.28. The maximum Gasteiger partial charge on any atom is 0.282 e. The molecular formula is C17H14N4O3. The number of fused-ring (bicyclic) bond motifs is 3. The zero-order valence-electron chi connectivity index (χ0n) is 13.1. The van der Waals surface area contributed by atoms with Crippen molar-refractivity contribution >= 4 is 10.9 Å². The van der Waals surface area contributed by atoms with Gasteiger partial charge in [-0.05, 0) is 18.2 Å². The van der Waals surface area contributed by atoms with Crippen LogP contribution in [0.15, 0.2) is 47.5 Å². The molecule has 0 amide bonds. The van der Waals surface area contributed by atoms with Crippen LogP contribution in [-0.4, -0.2) is 34.0 Å². The molecule has 1 aromatic heterocycles. The molecule has 1 N–H and O–H groups in total. The van der Waals surface area contributed by atoms with Crippen molar-refractivity contribution in [1.29, 1.82) is 0 Å². The lowest BCUT2D eigenvalue weighted by atomic mass is 10.1. The Bertz CT molecular complexity index is 1050. The molecule has 4 rings (SSSR count). The summed E-state index contributed by atoms with van der Waals surface area (Å²) < 4.78 is 11.6. The Balaban J connectivity index is 1.94. The van der Waals surface area contributed by atoms with Crippen LogP contribution in [0.1, 0.15) is 0 Å². The number of pyridine rings is 2. The van der Waals surface area contributed by atoms with Crippen molar-refractivity contribution in [3.8, 4) is 28.6 Å². The standard InChI is InChI=1S/C17H14N4O3/c1-23-11-4-5-12-14(7-11)18-9-13-16(12)20-21(17(13)22)10-3-6-15(24-2)19-8-10/h3-9,18H,1-2H3. The Morgan fingerprint density at radius 1 is 1.12 bits per heavy atom. The molecule has 2 aromatic rings. The number of rotatable bonds is 3. The van der Waals surface area contributed by atoms with Gasteiger partial charge in [0, 0.05) is 23.7 Å². The molecule has 0 saturated carbocycles. The van der Waals surface area contributed by atoms with E-state index >= 15 is 0 Å². The number of H-pyrrole nitrogens is 1. The summed E-state index contributed by atoms with van der Waals surface area (Å²) >= 11 is 0. The Hall–Kier alpha value is -3.35. The number of benzene rings is 1. The van der Waals surface area contributed by atoms with Crippen molar-refractivity contribution in [3.63, 3.8) is 0 Å². The molecule has 7 heteroatoms. The van der Waals surface area contributed by atoms with Gasteiger partial charge in [-0.2, -0.15) is 9.78 Å². The maximum atomic E-state index is 12.6. The lowest BCUT2D eigenvalue weighted by molar-refractivity contribution is 0.397. The van der Waals surface area contributed by atoms with E-state index in [2.05, 4.69) is 15.1 Å². The van der Waals surface area contributed by atoms with E-state index in [0.717, 1.165) is 16.7 Å². The van der Waals surface area contributed by atoms with E-state index in [-0.39, 0.29) is 5.56 Å². The summed E-state index contributed by atoms with van der Waals surface area (Å²) in [7, 11) is 3.15. The van der Waals surface area contributed by atoms with Crippen molar-refractivity contribution in [2.24, 2.45) is 0 Å². The summed E-state index contributed by atoms with van der Waals surface area (Å²) in [5.41, 5.74) is 2.37. The Labute approximate surface area is 136 Å². The van der Waals surface area contributed by atoms with Crippen molar-refractivity contribution < 1.29 is 9.47 Å². The Morgan fingerprint density at radius 2 is 2.00 bits per heavy atom. The van der Waals surface area contributed by atoms with Gasteiger partial charge in [0.05, 0.1) is 37.2 Å². The second-order valence-electron chi connectivity index (χ2n) is 5.24. The average Bonchev–Trinajstić information content (AvgIpc) is 2.98. The molecule has 0 bridgehead atoms. The molecule has 0 aliphatic carbocycles. The lowest BCUT2D eigenvalue weighted by Gasteiger charge is -2.05. The van der Waals surface area contributed by atoms with E-state index in [1.165, 1.54) is 4.68 Å². The largest absolute Gasteiger partial charge is 0.497 e. The summed E-state index contributed by atoms with van der Waals surface area (Å²) in [6.45, 7) is 0. The highest BCUT2D eigenvalue weighted by atomic mass is 16.5. The lowest BCUT2D eigenvalue weighted by Crippen LogP contribution is -2.14. The molecule has 0 saturated heterocycles. The topological polar surface area (TPSA) is 82.0 Å². The molecule has 120 valence electrons. The van der Waals surface area contributed by atoms with Gasteiger partial charge in [0.15, 0.2) is 0 Å². The fourth-order valence-electron chi connectivity index (χ4n) is 2.66. The quantitative estimate of drug-likeness (QED) is 0.625. The molecule has 3 heterocycles. The predicted molar refractivity (Wildman–Crippen MR) is 89.2 cm³/mol. The molecule has 0 fully saturated rings. The van der Waals surface area contributed by atoms with E-state index in [9.17, 15) is 4.79 Å². The molecule has 0 atom stereocenters. The number of hydrogen-bond acceptors (Lipinski definition) is 5. The van der Waals surface area contributed by atoms with Gasteiger partial charge in [-0.3, -0.25) is 4.79 Å². The summed E-state index contributed by atoms with van der Waals surface area (Å²) in [5.74, 6) is 1.22.